The Hall–Kier alpha value is -1.55. The van der Waals surface area contributed by atoms with Gasteiger partial charge in [0, 0.05) is 0 Å². The fourth-order valence-corrected chi connectivity index (χ4v) is 1.25. The van der Waals surface area contributed by atoms with E-state index in [0.717, 1.165) is 36.4 Å². The molecule has 0 nitrogen and oxygen atoms in total. The third-order valence-electron chi connectivity index (χ3n) is 2.00. The summed E-state index contributed by atoms with van der Waals surface area (Å²) in [5.74, 6) is -1.88. The molecule has 0 aliphatic carbocycles. The Kier molecular flexibility index (Phi) is 5.16. The fourth-order valence-electron chi connectivity index (χ4n) is 1.08. The summed E-state index contributed by atoms with van der Waals surface area (Å²) in [7, 11) is 0. The van der Waals surface area contributed by atoms with E-state index in [1.807, 2.05) is 0 Å². The van der Waals surface area contributed by atoms with Gasteiger partial charge in [-0.2, -0.15) is 0 Å². The van der Waals surface area contributed by atoms with Gasteiger partial charge >= 0.3 is 0 Å². The zero-order valence-corrected chi connectivity index (χ0v) is 10.1. The molecule has 0 aliphatic rings. The minimum Gasteiger partial charge on any atom is -0.207 e. The maximum Gasteiger partial charge on any atom is 0.141 e. The summed E-state index contributed by atoms with van der Waals surface area (Å²) < 4.78 is 48.8. The highest BCUT2D eigenvalue weighted by atomic mass is 35.5. The first-order valence-corrected chi connectivity index (χ1v) is 5.30. The lowest BCUT2D eigenvalue weighted by molar-refractivity contribution is 0.592. The third-order valence-corrected chi connectivity index (χ3v) is 2.29. The van der Waals surface area contributed by atoms with Crippen molar-refractivity contribution in [2.45, 2.75) is 6.92 Å². The summed E-state index contributed by atoms with van der Waals surface area (Å²) >= 11 is 5.20. The zero-order chi connectivity index (χ0) is 13.7. The number of benzene rings is 2. The van der Waals surface area contributed by atoms with Gasteiger partial charge in [0.2, 0.25) is 0 Å². The van der Waals surface area contributed by atoms with Crippen LogP contribution in [0, 0.1) is 30.2 Å². The molecule has 0 saturated carbocycles. The van der Waals surface area contributed by atoms with Crippen molar-refractivity contribution < 1.29 is 17.6 Å². The van der Waals surface area contributed by atoms with Crippen LogP contribution in [0.1, 0.15) is 5.56 Å². The molecule has 0 atom stereocenters. The lowest BCUT2D eigenvalue weighted by atomic mass is 10.2. The van der Waals surface area contributed by atoms with Crippen LogP contribution in [0.4, 0.5) is 17.6 Å². The Morgan fingerprint density at radius 2 is 1.28 bits per heavy atom. The number of hydrogen-bond acceptors (Lipinski definition) is 0. The van der Waals surface area contributed by atoms with Crippen LogP contribution in [0.25, 0.3) is 0 Å². The topological polar surface area (TPSA) is 0 Å². The maximum atomic E-state index is 12.3. The second-order valence-corrected chi connectivity index (χ2v) is 3.86. The average Bonchev–Trinajstić information content (AvgIpc) is 2.30. The molecule has 0 heterocycles. The lowest BCUT2D eigenvalue weighted by Gasteiger charge is -1.92. The van der Waals surface area contributed by atoms with Crippen LogP contribution in [0.2, 0.25) is 5.02 Å². The van der Waals surface area contributed by atoms with Crippen molar-refractivity contribution in [3.63, 3.8) is 0 Å². The predicted octanol–water partition coefficient (Wildman–Crippen LogP) is 4.89. The predicted molar refractivity (Wildman–Crippen MR) is 62.5 cm³/mol. The van der Waals surface area contributed by atoms with Crippen LogP contribution in [-0.4, -0.2) is 0 Å². The highest BCUT2D eigenvalue weighted by Crippen LogP contribution is 2.14. The minimum absolute atomic E-state index is 0.185. The van der Waals surface area contributed by atoms with Crippen molar-refractivity contribution in [2.75, 3.05) is 0 Å². The molecule has 0 spiro atoms. The van der Waals surface area contributed by atoms with Gasteiger partial charge < -0.3 is 0 Å². The van der Waals surface area contributed by atoms with Crippen molar-refractivity contribution in [3.8, 4) is 0 Å². The van der Waals surface area contributed by atoms with Crippen LogP contribution in [0.3, 0.4) is 0 Å². The van der Waals surface area contributed by atoms with Crippen molar-refractivity contribution in [1.29, 1.82) is 0 Å². The molecule has 0 aliphatic heterocycles. The fraction of sp³-hybridized carbons (Fsp3) is 0.0769. The quantitative estimate of drug-likeness (QED) is 0.475. The van der Waals surface area contributed by atoms with Gasteiger partial charge in [0.05, 0.1) is 5.02 Å². The highest BCUT2D eigenvalue weighted by Gasteiger charge is 1.98. The average molecular weight is 277 g/mol. The molecule has 0 N–H and O–H groups in total. The summed E-state index contributed by atoms with van der Waals surface area (Å²) in [6.07, 6.45) is 0. The summed E-state index contributed by atoms with van der Waals surface area (Å²) in [4.78, 5) is 0. The van der Waals surface area contributed by atoms with Crippen LogP contribution in [0.15, 0.2) is 36.4 Å². The van der Waals surface area contributed by atoms with Crippen LogP contribution < -0.4 is 0 Å². The normalized spacial score (nSPS) is 9.67. The summed E-state index contributed by atoms with van der Waals surface area (Å²) in [5, 5.41) is -0.185. The van der Waals surface area contributed by atoms with Gasteiger partial charge in [-0.05, 0) is 48.9 Å². The molecule has 18 heavy (non-hydrogen) atoms. The van der Waals surface area contributed by atoms with Gasteiger partial charge in [0.15, 0.2) is 0 Å². The standard InChI is InChI=1S/C7H6F2.C6H3ClF2/c1-5-4-6(8)2-3-7(5)9;7-5-3-4(8)1-2-6(5)9/h2-4H,1H3;1-3H. The van der Waals surface area contributed by atoms with Gasteiger partial charge in [-0.1, -0.05) is 11.6 Å². The number of hydrogen-bond donors (Lipinski definition) is 0. The van der Waals surface area contributed by atoms with Gasteiger partial charge in [-0.25, -0.2) is 17.6 Å². The SMILES string of the molecule is Cc1cc(F)ccc1F.Fc1ccc(F)c(Cl)c1. The van der Waals surface area contributed by atoms with Gasteiger partial charge in [0.25, 0.3) is 0 Å². The van der Waals surface area contributed by atoms with Gasteiger partial charge in [0.1, 0.15) is 23.3 Å². The van der Waals surface area contributed by atoms with Crippen molar-refractivity contribution in [2.24, 2.45) is 0 Å². The maximum absolute atomic E-state index is 12.3. The Morgan fingerprint density at radius 1 is 0.778 bits per heavy atom. The van der Waals surface area contributed by atoms with E-state index in [2.05, 4.69) is 0 Å². The first-order valence-electron chi connectivity index (χ1n) is 4.92. The Morgan fingerprint density at radius 3 is 1.67 bits per heavy atom. The smallest absolute Gasteiger partial charge is 0.141 e. The van der Waals surface area contributed by atoms with Crippen molar-refractivity contribution in [1.82, 2.24) is 0 Å². The van der Waals surface area contributed by atoms with Crippen LogP contribution in [-0.2, 0) is 0 Å². The van der Waals surface area contributed by atoms with Gasteiger partial charge in [-0.3, -0.25) is 0 Å². The number of halogens is 5. The summed E-state index contributed by atoms with van der Waals surface area (Å²) in [5.41, 5.74) is 0.343. The first-order chi connectivity index (χ1) is 8.40. The molecular weight excluding hydrogens is 268 g/mol. The van der Waals surface area contributed by atoms with Crippen molar-refractivity contribution in [3.05, 3.63) is 70.3 Å². The molecule has 2 aromatic rings. The largest absolute Gasteiger partial charge is 0.207 e. The van der Waals surface area contributed by atoms with E-state index in [1.165, 1.54) is 6.92 Å². The Labute approximate surface area is 107 Å². The minimum atomic E-state index is -0.599. The van der Waals surface area contributed by atoms with E-state index < -0.39 is 17.5 Å². The molecule has 0 saturated heterocycles. The molecular formula is C13H9ClF4. The van der Waals surface area contributed by atoms with E-state index in [9.17, 15) is 17.6 Å². The van der Waals surface area contributed by atoms with Crippen molar-refractivity contribution >= 4 is 11.6 Å². The highest BCUT2D eigenvalue weighted by molar-refractivity contribution is 6.30. The molecule has 0 bridgehead atoms. The molecule has 5 heteroatoms. The monoisotopic (exact) mass is 276 g/mol. The van der Waals surface area contributed by atoms with Gasteiger partial charge in [-0.15, -0.1) is 0 Å². The second kappa shape index (κ2) is 6.40. The van der Waals surface area contributed by atoms with Crippen LogP contribution in [0.5, 0.6) is 0 Å². The van der Waals surface area contributed by atoms with E-state index in [-0.39, 0.29) is 10.8 Å². The number of rotatable bonds is 0. The molecule has 0 aromatic heterocycles. The molecule has 2 rings (SSSR count). The van der Waals surface area contributed by atoms with Crippen LogP contribution >= 0.6 is 11.6 Å². The molecule has 2 aromatic carbocycles. The van der Waals surface area contributed by atoms with E-state index in [4.69, 9.17) is 11.6 Å². The summed E-state index contributed by atoms with van der Waals surface area (Å²) in [6.45, 7) is 1.53. The molecule has 0 radical (unpaired) electrons. The van der Waals surface area contributed by atoms with E-state index >= 15 is 0 Å². The molecule has 0 unspecified atom stereocenters. The molecule has 0 amide bonds. The Balaban J connectivity index is 0.000000180. The van der Waals surface area contributed by atoms with E-state index in [1.54, 1.807) is 0 Å². The third kappa shape index (κ3) is 4.37. The molecule has 96 valence electrons. The second-order valence-electron chi connectivity index (χ2n) is 3.45. The van der Waals surface area contributed by atoms with E-state index in [0.29, 0.717) is 5.56 Å². The number of aryl methyl sites for hydroxylation is 1. The first kappa shape index (κ1) is 14.5. The summed E-state index contributed by atoms with van der Waals surface area (Å²) in [6, 6.07) is 6.30. The lowest BCUT2D eigenvalue weighted by Crippen LogP contribution is -1.81. The Bertz CT molecular complexity index is 491. The zero-order valence-electron chi connectivity index (χ0n) is 9.35. The molecule has 0 fully saturated rings.